The van der Waals surface area contributed by atoms with Gasteiger partial charge in [-0.15, -0.1) is 11.6 Å². The van der Waals surface area contributed by atoms with E-state index in [1.165, 1.54) is 12.8 Å². The van der Waals surface area contributed by atoms with Crippen LogP contribution in [0.5, 0.6) is 0 Å². The zero-order valence-corrected chi connectivity index (χ0v) is 11.8. The zero-order valence-electron chi connectivity index (χ0n) is 11.0. The molecule has 3 nitrogen and oxygen atoms in total. The minimum atomic E-state index is -0.0876. The molecule has 2 heterocycles. The van der Waals surface area contributed by atoms with Gasteiger partial charge < -0.3 is 4.57 Å². The molecule has 0 aromatic carbocycles. The first-order chi connectivity index (χ1) is 8.51. The van der Waals surface area contributed by atoms with Crippen LogP contribution in [0, 0.1) is 5.92 Å². The average molecular weight is 264 g/mol. The quantitative estimate of drug-likeness (QED) is 0.787. The molecule has 2 aromatic rings. The highest BCUT2D eigenvalue weighted by Gasteiger charge is 2.41. The molecule has 0 radical (unpaired) electrons. The van der Waals surface area contributed by atoms with Gasteiger partial charge in [0.25, 0.3) is 0 Å². The second-order valence-corrected chi connectivity index (χ2v) is 6.37. The van der Waals surface area contributed by atoms with E-state index in [4.69, 9.17) is 11.6 Å². The van der Waals surface area contributed by atoms with Crippen molar-refractivity contribution in [3.8, 4) is 0 Å². The Balaban J connectivity index is 2.27. The van der Waals surface area contributed by atoms with Crippen LogP contribution in [-0.2, 0) is 5.54 Å². The van der Waals surface area contributed by atoms with Crippen LogP contribution >= 0.6 is 11.6 Å². The summed E-state index contributed by atoms with van der Waals surface area (Å²) in [4.78, 5) is 8.81. The smallest absolute Gasteiger partial charge is 0.128 e. The fourth-order valence-electron chi connectivity index (χ4n) is 2.80. The fourth-order valence-corrected chi connectivity index (χ4v) is 2.94. The van der Waals surface area contributed by atoms with Crippen LogP contribution in [0.2, 0.25) is 0 Å². The lowest BCUT2D eigenvalue weighted by Crippen LogP contribution is -2.30. The highest BCUT2D eigenvalue weighted by Crippen LogP contribution is 2.46. The van der Waals surface area contributed by atoms with Crippen molar-refractivity contribution in [2.45, 2.75) is 44.5 Å². The van der Waals surface area contributed by atoms with Gasteiger partial charge in [-0.3, -0.25) is 4.98 Å². The highest BCUT2D eigenvalue weighted by atomic mass is 35.5. The molecular weight excluding hydrogens is 246 g/mol. The lowest BCUT2D eigenvalue weighted by atomic mass is 9.97. The molecule has 1 saturated carbocycles. The molecule has 1 aliphatic carbocycles. The number of alkyl halides is 1. The SMILES string of the molecule is CC(Cl)c1nc2cnccc2n1C(C)(C)C1CC1. The van der Waals surface area contributed by atoms with Gasteiger partial charge in [0.05, 0.1) is 17.1 Å². The third-order valence-electron chi connectivity index (χ3n) is 3.99. The molecule has 4 heteroatoms. The Labute approximate surface area is 112 Å². The maximum atomic E-state index is 6.31. The van der Waals surface area contributed by atoms with Gasteiger partial charge in [-0.25, -0.2) is 4.98 Å². The fraction of sp³-hybridized carbons (Fsp3) is 0.571. The first-order valence-corrected chi connectivity index (χ1v) is 6.92. The number of nitrogens with zero attached hydrogens (tertiary/aromatic N) is 3. The standard InChI is InChI=1S/C14H18ClN3/c1-9(15)13-17-11-8-16-7-6-12(11)18(13)14(2,3)10-4-5-10/h6-10H,4-5H2,1-3H3. The van der Waals surface area contributed by atoms with E-state index in [1.807, 2.05) is 25.4 Å². The van der Waals surface area contributed by atoms with Gasteiger partial charge in [-0.1, -0.05) is 0 Å². The molecule has 1 atom stereocenters. The van der Waals surface area contributed by atoms with Crippen molar-refractivity contribution in [2.75, 3.05) is 0 Å². The van der Waals surface area contributed by atoms with Gasteiger partial charge in [-0.2, -0.15) is 0 Å². The lowest BCUT2D eigenvalue weighted by Gasteiger charge is -2.30. The largest absolute Gasteiger partial charge is 0.321 e. The maximum absolute atomic E-state index is 6.31. The van der Waals surface area contributed by atoms with E-state index in [0.717, 1.165) is 22.8 Å². The van der Waals surface area contributed by atoms with E-state index in [2.05, 4.69) is 28.4 Å². The van der Waals surface area contributed by atoms with Gasteiger partial charge in [-0.05, 0) is 45.6 Å². The molecule has 18 heavy (non-hydrogen) atoms. The molecule has 0 amide bonds. The van der Waals surface area contributed by atoms with E-state index < -0.39 is 0 Å². The van der Waals surface area contributed by atoms with Gasteiger partial charge in [0, 0.05) is 11.7 Å². The number of pyridine rings is 1. The van der Waals surface area contributed by atoms with Crippen molar-refractivity contribution in [1.29, 1.82) is 0 Å². The molecule has 1 unspecified atom stereocenters. The van der Waals surface area contributed by atoms with Crippen LogP contribution in [0.15, 0.2) is 18.5 Å². The Morgan fingerprint density at radius 1 is 1.44 bits per heavy atom. The predicted octanol–water partition coefficient (Wildman–Crippen LogP) is 3.88. The van der Waals surface area contributed by atoms with Crippen molar-refractivity contribution in [3.05, 3.63) is 24.3 Å². The summed E-state index contributed by atoms with van der Waals surface area (Å²) in [5.74, 6) is 1.69. The van der Waals surface area contributed by atoms with Crippen LogP contribution in [-0.4, -0.2) is 14.5 Å². The summed E-state index contributed by atoms with van der Waals surface area (Å²) in [5, 5.41) is -0.0876. The summed E-state index contributed by atoms with van der Waals surface area (Å²) in [6.07, 6.45) is 6.24. The van der Waals surface area contributed by atoms with Gasteiger partial charge in [0.15, 0.2) is 0 Å². The molecule has 3 rings (SSSR count). The second kappa shape index (κ2) is 3.95. The first kappa shape index (κ1) is 12.0. The minimum absolute atomic E-state index is 0.0780. The lowest BCUT2D eigenvalue weighted by molar-refractivity contribution is 0.304. The molecule has 0 bridgehead atoms. The Bertz CT molecular complexity index is 582. The number of hydrogen-bond acceptors (Lipinski definition) is 2. The number of aromatic nitrogens is 3. The second-order valence-electron chi connectivity index (χ2n) is 5.71. The Morgan fingerprint density at radius 3 is 2.78 bits per heavy atom. The van der Waals surface area contributed by atoms with E-state index in [1.54, 1.807) is 0 Å². The summed E-state index contributed by atoms with van der Waals surface area (Å²) in [6.45, 7) is 6.56. The van der Waals surface area contributed by atoms with E-state index in [9.17, 15) is 0 Å². The molecular formula is C14H18ClN3. The molecule has 1 aliphatic rings. The average Bonchev–Trinajstić information content (AvgIpc) is 3.09. The van der Waals surface area contributed by atoms with Crippen LogP contribution in [0.3, 0.4) is 0 Å². The van der Waals surface area contributed by atoms with E-state index >= 15 is 0 Å². The Hall–Kier alpha value is -1.09. The molecule has 0 spiro atoms. The van der Waals surface area contributed by atoms with Crippen molar-refractivity contribution in [1.82, 2.24) is 14.5 Å². The van der Waals surface area contributed by atoms with Crippen LogP contribution in [0.4, 0.5) is 0 Å². The number of fused-ring (bicyclic) bond motifs is 1. The first-order valence-electron chi connectivity index (χ1n) is 6.48. The minimum Gasteiger partial charge on any atom is -0.321 e. The van der Waals surface area contributed by atoms with Crippen LogP contribution in [0.1, 0.15) is 44.8 Å². The van der Waals surface area contributed by atoms with Crippen molar-refractivity contribution >= 4 is 22.6 Å². The number of rotatable bonds is 3. The summed E-state index contributed by atoms with van der Waals surface area (Å²) in [6, 6.07) is 2.04. The van der Waals surface area contributed by atoms with E-state index in [-0.39, 0.29) is 10.9 Å². The maximum Gasteiger partial charge on any atom is 0.128 e. The van der Waals surface area contributed by atoms with Crippen molar-refractivity contribution in [3.63, 3.8) is 0 Å². The van der Waals surface area contributed by atoms with Crippen LogP contribution in [0.25, 0.3) is 11.0 Å². The van der Waals surface area contributed by atoms with Crippen molar-refractivity contribution < 1.29 is 0 Å². The molecule has 96 valence electrons. The zero-order chi connectivity index (χ0) is 12.9. The van der Waals surface area contributed by atoms with Gasteiger partial charge in [0.1, 0.15) is 11.3 Å². The summed E-state index contributed by atoms with van der Waals surface area (Å²) >= 11 is 6.31. The molecule has 0 saturated heterocycles. The molecule has 1 fully saturated rings. The number of halogens is 1. The predicted molar refractivity (Wildman–Crippen MR) is 73.8 cm³/mol. The monoisotopic (exact) mass is 263 g/mol. The Kier molecular flexibility index (Phi) is 2.63. The Morgan fingerprint density at radius 2 is 2.17 bits per heavy atom. The number of hydrogen-bond donors (Lipinski definition) is 0. The topological polar surface area (TPSA) is 30.7 Å². The van der Waals surface area contributed by atoms with E-state index in [0.29, 0.717) is 0 Å². The normalized spacial score (nSPS) is 18.2. The van der Waals surface area contributed by atoms with Gasteiger partial charge >= 0.3 is 0 Å². The molecule has 0 aliphatic heterocycles. The third kappa shape index (κ3) is 1.72. The molecule has 2 aromatic heterocycles. The molecule has 0 N–H and O–H groups in total. The van der Waals surface area contributed by atoms with Gasteiger partial charge in [0.2, 0.25) is 0 Å². The van der Waals surface area contributed by atoms with Crippen LogP contribution < -0.4 is 0 Å². The van der Waals surface area contributed by atoms with Crippen molar-refractivity contribution in [2.24, 2.45) is 5.92 Å². The number of imidazole rings is 1. The third-order valence-corrected chi connectivity index (χ3v) is 4.19. The highest BCUT2D eigenvalue weighted by molar-refractivity contribution is 6.20. The summed E-state index contributed by atoms with van der Waals surface area (Å²) < 4.78 is 2.32. The summed E-state index contributed by atoms with van der Waals surface area (Å²) in [5.41, 5.74) is 2.16. The summed E-state index contributed by atoms with van der Waals surface area (Å²) in [7, 11) is 0.